The van der Waals surface area contributed by atoms with Crippen molar-refractivity contribution >= 4 is 107 Å². The summed E-state index contributed by atoms with van der Waals surface area (Å²) in [6.45, 7) is 0.117. The Morgan fingerprint density at radius 1 is 0.389 bits per heavy atom. The fourth-order valence-electron chi connectivity index (χ4n) is 14.5. The second-order valence-corrected chi connectivity index (χ2v) is 31.6. The molecule has 6 aromatic carbocycles. The third-order valence-corrected chi connectivity index (χ3v) is 21.8. The molecule has 0 aromatic heterocycles. The van der Waals surface area contributed by atoms with Crippen LogP contribution in [0.2, 0.25) is 0 Å². The minimum absolute atomic E-state index is 0.00167. The highest BCUT2D eigenvalue weighted by molar-refractivity contribution is 7.98. The summed E-state index contributed by atoms with van der Waals surface area (Å²) in [7, 11) is 1.20. The van der Waals surface area contributed by atoms with Crippen LogP contribution in [0.25, 0.3) is 0 Å². The fourth-order valence-corrected chi connectivity index (χ4v) is 15.0. The number of unbranched alkanes of at least 4 members (excludes halogenated alkanes) is 1. The number of guanidine groups is 1. The highest BCUT2D eigenvalue weighted by Crippen LogP contribution is 2.25. The van der Waals surface area contributed by atoms with Gasteiger partial charge in [0.25, 0.3) is 0 Å². The summed E-state index contributed by atoms with van der Waals surface area (Å²) in [6, 6.07) is 36.9. The van der Waals surface area contributed by atoms with E-state index >= 15 is 19.2 Å². The minimum atomic E-state index is -1.73. The number of hydrogen-bond donors (Lipinski definition) is 14. The second-order valence-electron chi connectivity index (χ2n) is 30.6. The lowest BCUT2D eigenvalue weighted by atomic mass is 10.00. The summed E-state index contributed by atoms with van der Waals surface area (Å²) in [5, 5.41) is 27.3. The predicted molar refractivity (Wildman–Crippen MR) is 469 cm³/mol. The molecule has 8 rings (SSSR count). The number of benzene rings is 6. The molecular formula is C90H115N17O18S. The maximum absolute atomic E-state index is 15.3. The van der Waals surface area contributed by atoms with E-state index in [0.29, 0.717) is 40.0 Å². The number of thioether (sulfide) groups is 1. The summed E-state index contributed by atoms with van der Waals surface area (Å²) in [4.78, 5) is 220. The molecule has 35 nitrogen and oxygen atoms in total. The van der Waals surface area contributed by atoms with Crippen LogP contribution in [0.1, 0.15) is 123 Å². The largest absolute Gasteiger partial charge is 0.467 e. The van der Waals surface area contributed by atoms with Crippen LogP contribution < -0.4 is 76.1 Å². The van der Waals surface area contributed by atoms with E-state index in [0.717, 1.165) is 5.56 Å². The fraction of sp³-hybridized carbons (Fsp3) is 0.422. The van der Waals surface area contributed by atoms with E-state index < -0.39 is 181 Å². The number of carbonyl (C=O) groups excluding carboxylic acids is 15. The normalized spacial score (nSPS) is 15.5. The molecule has 11 atom stereocenters. The smallest absolute Gasteiger partial charge is 0.408 e. The van der Waals surface area contributed by atoms with Crippen LogP contribution in [0, 0.1) is 0 Å². The third-order valence-electron chi connectivity index (χ3n) is 21.1. The number of nitrogens with zero attached hydrogens (tertiary/aromatic N) is 3. The predicted octanol–water partition coefficient (Wildman–Crippen LogP) is 2.72. The molecule has 2 aliphatic heterocycles. The zero-order chi connectivity index (χ0) is 90.7. The highest BCUT2D eigenvalue weighted by atomic mass is 32.2. The Kier molecular flexibility index (Phi) is 40.7. The molecule has 2 heterocycles. The van der Waals surface area contributed by atoms with Crippen molar-refractivity contribution in [2.45, 2.75) is 195 Å². The Morgan fingerprint density at radius 3 is 1.10 bits per heavy atom. The molecule has 0 saturated carbocycles. The Morgan fingerprint density at radius 2 is 0.722 bits per heavy atom. The van der Waals surface area contributed by atoms with Crippen LogP contribution in [0.5, 0.6) is 0 Å². The molecule has 0 aliphatic carbocycles. The van der Waals surface area contributed by atoms with Gasteiger partial charge < -0.3 is 100 Å². The van der Waals surface area contributed by atoms with Gasteiger partial charge in [0.15, 0.2) is 5.96 Å². The number of esters is 1. The molecule has 674 valence electrons. The first-order chi connectivity index (χ1) is 60.7. The molecule has 2 fully saturated rings. The molecular weight excluding hydrogens is 1640 g/mol. The minimum Gasteiger partial charge on any atom is -0.467 e. The first-order valence-corrected chi connectivity index (χ1v) is 43.5. The summed E-state index contributed by atoms with van der Waals surface area (Å²) < 4.78 is 15.9. The lowest BCUT2D eigenvalue weighted by Crippen LogP contribution is -2.61. The van der Waals surface area contributed by atoms with Crippen LogP contribution in [0.3, 0.4) is 0 Å². The summed E-state index contributed by atoms with van der Waals surface area (Å²) in [5.41, 5.74) is 26.2. The van der Waals surface area contributed by atoms with Crippen molar-refractivity contribution in [2.24, 2.45) is 27.9 Å². The number of aliphatic imine (C=N–C) groups is 1. The van der Waals surface area contributed by atoms with Crippen molar-refractivity contribution in [1.82, 2.24) is 63.0 Å². The van der Waals surface area contributed by atoms with Gasteiger partial charge >= 0.3 is 18.2 Å². The molecule has 0 radical (unpaired) electrons. The Labute approximate surface area is 736 Å². The van der Waals surface area contributed by atoms with Crippen LogP contribution in [0.4, 0.5) is 9.59 Å². The summed E-state index contributed by atoms with van der Waals surface area (Å²) in [6.07, 6.45) is -0.751. The first kappa shape index (κ1) is 98.0. The standard InChI is InChI=1S/C90H115N17O18S/c1-123-87(120)68(46-51-126-2)100-79(112)69(52-58-26-9-3-10-27-58)102-81(114)71(54-60-30-13-5-14-31-60)104-82(115)72(55-61-32-15-6-16-33-61)103-80(113)70(53-59-28-11-4-12-29-59)101-78(111)64(42-44-75(91)108)97-77(110)65(43-45-76(92)109)98-83(116)73-40-24-49-106(73)85(118)66(38-21-22-47-96-89(121)124-56-62-34-17-7-18-35-62)99-84(117)74-41-25-50-107(74)86(119)67(39-23-48-95-88(93)94)105-90(122)125-57-63-36-19-8-20-37-63/h3-20,26-37,64-74H,21-25,38-57H2,1-2H3,(H2,91,108)(H2,92,109)(H,96,121)(H,97,110)(H,98,116)(H,99,117)(H,100,112)(H,101,111)(H,102,114)(H,103,113)(H,104,115)(H,105,122)(H4,93,94,95)/t64-,65-,66-,67-,68+,69-,70-,71-,72-,73-,74-/m0/s1. The topological polar surface area (TPSA) is 527 Å². The van der Waals surface area contributed by atoms with Gasteiger partial charge in [0.1, 0.15) is 79.7 Å². The van der Waals surface area contributed by atoms with Crippen molar-refractivity contribution in [1.29, 1.82) is 0 Å². The average molecular weight is 1760 g/mol. The molecule has 0 unspecified atom stereocenters. The maximum atomic E-state index is 15.3. The second kappa shape index (κ2) is 52.3. The number of alkyl carbamates (subject to hydrolysis) is 2. The van der Waals surface area contributed by atoms with Gasteiger partial charge in [-0.25, -0.2) is 14.4 Å². The van der Waals surface area contributed by atoms with Gasteiger partial charge in [-0.1, -0.05) is 182 Å². The highest BCUT2D eigenvalue weighted by Gasteiger charge is 2.44. The SMILES string of the molecule is COC(=O)[C@@H](CCSC)NC(=O)[C@H](Cc1ccccc1)NC(=O)[C@H](Cc1ccccc1)NC(=O)[C@H](Cc1ccccc1)NC(=O)[C@H](Cc1ccccc1)NC(=O)[C@H](CCC(N)=O)NC(=O)[C@H](CCC(N)=O)NC(=O)[C@@H]1CCCN1C(=O)[C@H](CCCCNC(=O)OCc1ccccc1)NC(=O)[C@@H]1CCCN1C(=O)[C@H](CCCN=C(N)N)NC(=O)OCc1ccccc1. The van der Waals surface area contributed by atoms with Crippen molar-refractivity contribution in [3.05, 3.63) is 215 Å². The molecule has 126 heavy (non-hydrogen) atoms. The van der Waals surface area contributed by atoms with Gasteiger partial charge in [0, 0.05) is 64.7 Å². The maximum Gasteiger partial charge on any atom is 0.408 e. The molecule has 14 amide bonds. The molecule has 0 spiro atoms. The van der Waals surface area contributed by atoms with E-state index in [9.17, 15) is 52.7 Å². The number of nitrogens with one attached hydrogen (secondary N) is 10. The quantitative estimate of drug-likeness (QED) is 0.00858. The van der Waals surface area contributed by atoms with Gasteiger partial charge in [-0.05, 0) is 122 Å². The van der Waals surface area contributed by atoms with Crippen LogP contribution in [-0.2, 0) is 115 Å². The number of carbonyl (C=O) groups is 15. The summed E-state index contributed by atoms with van der Waals surface area (Å²) >= 11 is 1.45. The first-order valence-electron chi connectivity index (χ1n) is 42.1. The number of primary amides is 2. The number of methoxy groups -OCH3 is 1. The molecule has 18 N–H and O–H groups in total. The van der Waals surface area contributed by atoms with Crippen molar-refractivity contribution in [3.63, 3.8) is 0 Å². The van der Waals surface area contributed by atoms with Gasteiger partial charge in [0.2, 0.25) is 70.9 Å². The number of nitrogens with two attached hydrogens (primary N) is 4. The zero-order valence-corrected chi connectivity index (χ0v) is 71.6. The molecule has 0 bridgehead atoms. The van der Waals surface area contributed by atoms with Crippen LogP contribution in [0.15, 0.2) is 187 Å². The number of amides is 14. The Hall–Kier alpha value is -13.4. The molecule has 6 aromatic rings. The number of rotatable bonds is 50. The Balaban J connectivity index is 1.02. The van der Waals surface area contributed by atoms with Gasteiger partial charge in [-0.2, -0.15) is 11.8 Å². The summed E-state index contributed by atoms with van der Waals surface area (Å²) in [5.74, 6) is -10.7. The van der Waals surface area contributed by atoms with E-state index in [1.54, 1.807) is 176 Å². The van der Waals surface area contributed by atoms with Crippen LogP contribution in [-0.4, -0.2) is 217 Å². The van der Waals surface area contributed by atoms with Gasteiger partial charge in [-0.15, -0.1) is 0 Å². The van der Waals surface area contributed by atoms with E-state index in [2.05, 4.69) is 58.2 Å². The van der Waals surface area contributed by atoms with E-state index in [-0.39, 0.29) is 129 Å². The molecule has 2 aliphatic rings. The van der Waals surface area contributed by atoms with Gasteiger partial charge in [-0.3, -0.25) is 62.5 Å². The van der Waals surface area contributed by atoms with Crippen molar-refractivity contribution in [3.8, 4) is 0 Å². The van der Waals surface area contributed by atoms with Crippen LogP contribution >= 0.6 is 11.8 Å². The number of hydrogen-bond acceptors (Lipinski definition) is 20. The zero-order valence-electron chi connectivity index (χ0n) is 70.8. The number of likely N-dealkylation sites (tertiary alicyclic amines) is 2. The van der Waals surface area contributed by atoms with E-state index in [1.807, 2.05) is 12.3 Å². The van der Waals surface area contributed by atoms with Gasteiger partial charge in [0.05, 0.1) is 7.11 Å². The molecule has 36 heteroatoms. The average Bonchev–Trinajstić information content (AvgIpc) is 1.63. The molecule has 2 saturated heterocycles. The lowest BCUT2D eigenvalue weighted by molar-refractivity contribution is -0.145. The van der Waals surface area contributed by atoms with E-state index in [4.69, 9.17) is 37.1 Å². The monoisotopic (exact) mass is 1750 g/mol. The van der Waals surface area contributed by atoms with Crippen molar-refractivity contribution < 1.29 is 86.1 Å². The third kappa shape index (κ3) is 33.3. The van der Waals surface area contributed by atoms with E-state index in [1.165, 1.54) is 28.7 Å². The Bertz CT molecular complexity index is 4620. The van der Waals surface area contributed by atoms with Crippen molar-refractivity contribution in [2.75, 3.05) is 45.3 Å². The number of ether oxygens (including phenoxy) is 3. The lowest BCUT2D eigenvalue weighted by Gasteiger charge is -2.32.